The van der Waals surface area contributed by atoms with Gasteiger partial charge in [0.25, 0.3) is 11.7 Å². The molecule has 0 saturated heterocycles. The average molecular weight is 399 g/mol. The summed E-state index contributed by atoms with van der Waals surface area (Å²) in [4.78, 5) is 34.9. The van der Waals surface area contributed by atoms with Gasteiger partial charge in [-0.15, -0.1) is 11.3 Å². The van der Waals surface area contributed by atoms with Crippen LogP contribution in [0.15, 0.2) is 12.4 Å². The normalized spacial score (nSPS) is 16.0. The number of esters is 1. The van der Waals surface area contributed by atoms with Crippen molar-refractivity contribution >= 4 is 34.0 Å². The van der Waals surface area contributed by atoms with Gasteiger partial charge in [0, 0.05) is 10.6 Å². The van der Waals surface area contributed by atoms with E-state index in [4.69, 9.17) is 4.74 Å². The Kier molecular flexibility index (Phi) is 4.84. The molecule has 3 heterocycles. The Morgan fingerprint density at radius 1 is 1.43 bits per heavy atom. The molecule has 3 aromatic heterocycles. The summed E-state index contributed by atoms with van der Waals surface area (Å²) in [7, 11) is 1.36. The van der Waals surface area contributed by atoms with Crippen molar-refractivity contribution in [1.82, 2.24) is 19.6 Å². The van der Waals surface area contributed by atoms with Crippen LogP contribution in [0, 0.1) is 12.8 Å². The summed E-state index contributed by atoms with van der Waals surface area (Å²) in [5.41, 5.74) is 2.46. The van der Waals surface area contributed by atoms with Crippen LogP contribution < -0.4 is 5.32 Å². The summed E-state index contributed by atoms with van der Waals surface area (Å²) in [5.74, 6) is 0.184. The highest BCUT2D eigenvalue weighted by Crippen LogP contribution is 2.40. The molecule has 0 aromatic carbocycles. The standard InChI is InChI=1S/C19H21N5O3S/c1-4-11-5-6-12-14(8-11)28-17(15(12)18(26)27-3)23-16(25)13-7-10(2)22-19-20-9-21-24(13)19/h7,9,11H,4-6,8H2,1-3H3,(H,23,25)/t11-/m1/s1. The summed E-state index contributed by atoms with van der Waals surface area (Å²) in [5, 5.41) is 7.51. The lowest BCUT2D eigenvalue weighted by molar-refractivity contribution is 0.0601. The molecule has 1 N–H and O–H groups in total. The molecular weight excluding hydrogens is 378 g/mol. The van der Waals surface area contributed by atoms with Gasteiger partial charge in [-0.1, -0.05) is 13.3 Å². The smallest absolute Gasteiger partial charge is 0.341 e. The number of hydrogen-bond acceptors (Lipinski definition) is 7. The fourth-order valence-corrected chi connectivity index (χ4v) is 5.01. The number of carbonyl (C=O) groups is 2. The van der Waals surface area contributed by atoms with E-state index in [1.165, 1.54) is 29.3 Å². The van der Waals surface area contributed by atoms with Crippen molar-refractivity contribution in [2.24, 2.45) is 5.92 Å². The van der Waals surface area contributed by atoms with Gasteiger partial charge in [-0.05, 0) is 43.7 Å². The Morgan fingerprint density at radius 2 is 2.25 bits per heavy atom. The van der Waals surface area contributed by atoms with Crippen LogP contribution in [0.4, 0.5) is 5.00 Å². The van der Waals surface area contributed by atoms with Crippen LogP contribution in [0.3, 0.4) is 0 Å². The lowest BCUT2D eigenvalue weighted by Crippen LogP contribution is -2.19. The van der Waals surface area contributed by atoms with E-state index in [1.807, 2.05) is 0 Å². The number of hydrogen-bond donors (Lipinski definition) is 1. The second kappa shape index (κ2) is 7.31. The van der Waals surface area contributed by atoms with Crippen molar-refractivity contribution in [2.45, 2.75) is 39.5 Å². The molecule has 1 aliphatic rings. The SMILES string of the molecule is CC[C@@H]1CCc2c(sc(NC(=O)c3cc(C)nc4ncnn34)c2C(=O)OC)C1. The number of nitrogens with zero attached hydrogens (tertiary/aromatic N) is 4. The van der Waals surface area contributed by atoms with Crippen LogP contribution in [-0.4, -0.2) is 38.6 Å². The molecule has 3 aromatic rings. The maximum absolute atomic E-state index is 13.0. The number of fused-ring (bicyclic) bond motifs is 2. The summed E-state index contributed by atoms with van der Waals surface area (Å²) < 4.78 is 6.39. The molecule has 0 aliphatic heterocycles. The molecule has 4 rings (SSSR count). The monoisotopic (exact) mass is 399 g/mol. The van der Waals surface area contributed by atoms with E-state index >= 15 is 0 Å². The first-order valence-corrected chi connectivity index (χ1v) is 10.0. The van der Waals surface area contributed by atoms with Crippen LogP contribution in [-0.2, 0) is 17.6 Å². The van der Waals surface area contributed by atoms with E-state index in [0.29, 0.717) is 33.6 Å². The number of methoxy groups -OCH3 is 1. The van der Waals surface area contributed by atoms with Gasteiger partial charge in [0.2, 0.25) is 0 Å². The van der Waals surface area contributed by atoms with Gasteiger partial charge < -0.3 is 10.1 Å². The average Bonchev–Trinajstić information content (AvgIpc) is 3.29. The number of amides is 1. The second-order valence-corrected chi connectivity index (χ2v) is 8.03. The van der Waals surface area contributed by atoms with E-state index in [1.54, 1.807) is 13.0 Å². The molecule has 0 bridgehead atoms. The molecule has 146 valence electrons. The first-order chi connectivity index (χ1) is 13.5. The van der Waals surface area contributed by atoms with Crippen molar-refractivity contribution in [3.63, 3.8) is 0 Å². The third-order valence-electron chi connectivity index (χ3n) is 5.17. The zero-order chi connectivity index (χ0) is 19.8. The second-order valence-electron chi connectivity index (χ2n) is 6.93. The molecule has 1 aliphatic carbocycles. The predicted molar refractivity (Wildman–Crippen MR) is 105 cm³/mol. The Balaban J connectivity index is 1.73. The molecule has 0 radical (unpaired) electrons. The molecule has 9 heteroatoms. The number of carbonyl (C=O) groups excluding carboxylic acids is 2. The number of aromatic nitrogens is 4. The minimum absolute atomic E-state index is 0.314. The van der Waals surface area contributed by atoms with Crippen molar-refractivity contribution in [2.75, 3.05) is 12.4 Å². The molecule has 0 saturated carbocycles. The van der Waals surface area contributed by atoms with Crippen molar-refractivity contribution in [3.05, 3.63) is 39.8 Å². The predicted octanol–water partition coefficient (Wildman–Crippen LogP) is 3.05. The summed E-state index contributed by atoms with van der Waals surface area (Å²) >= 11 is 1.47. The van der Waals surface area contributed by atoms with Crippen LogP contribution >= 0.6 is 11.3 Å². The van der Waals surface area contributed by atoms with Gasteiger partial charge in [-0.3, -0.25) is 4.79 Å². The third-order valence-corrected chi connectivity index (χ3v) is 6.34. The minimum Gasteiger partial charge on any atom is -0.465 e. The number of ether oxygens (including phenoxy) is 1. The maximum Gasteiger partial charge on any atom is 0.341 e. The van der Waals surface area contributed by atoms with Crippen LogP contribution in [0.2, 0.25) is 0 Å². The fourth-order valence-electron chi connectivity index (χ4n) is 3.67. The summed E-state index contributed by atoms with van der Waals surface area (Å²) in [6.07, 6.45) is 5.26. The van der Waals surface area contributed by atoms with Gasteiger partial charge in [0.05, 0.1) is 12.7 Å². The van der Waals surface area contributed by atoms with Crippen LogP contribution in [0.5, 0.6) is 0 Å². The van der Waals surface area contributed by atoms with Crippen molar-refractivity contribution in [1.29, 1.82) is 0 Å². The fraction of sp³-hybridized carbons (Fsp3) is 0.421. The first kappa shape index (κ1) is 18.5. The van der Waals surface area contributed by atoms with E-state index in [2.05, 4.69) is 27.3 Å². The third kappa shape index (κ3) is 3.15. The van der Waals surface area contributed by atoms with Crippen molar-refractivity contribution in [3.8, 4) is 0 Å². The minimum atomic E-state index is -0.417. The zero-order valence-corrected chi connectivity index (χ0v) is 16.8. The molecule has 8 nitrogen and oxygen atoms in total. The number of aryl methyl sites for hydroxylation is 1. The molecular formula is C19H21N5O3S. The van der Waals surface area contributed by atoms with Crippen LogP contribution in [0.1, 0.15) is 56.7 Å². The molecule has 0 spiro atoms. The molecule has 1 amide bonds. The number of nitrogens with one attached hydrogen (secondary N) is 1. The van der Waals surface area contributed by atoms with Gasteiger partial charge in [0.1, 0.15) is 17.0 Å². The van der Waals surface area contributed by atoms with Gasteiger partial charge in [-0.2, -0.15) is 14.6 Å². The first-order valence-electron chi connectivity index (χ1n) is 9.23. The number of rotatable bonds is 4. The maximum atomic E-state index is 13.0. The molecule has 28 heavy (non-hydrogen) atoms. The molecule has 0 fully saturated rings. The topological polar surface area (TPSA) is 98.5 Å². The molecule has 1 atom stereocenters. The van der Waals surface area contributed by atoms with Gasteiger partial charge >= 0.3 is 5.97 Å². The Bertz CT molecular complexity index is 1070. The van der Waals surface area contributed by atoms with Crippen molar-refractivity contribution < 1.29 is 14.3 Å². The van der Waals surface area contributed by atoms with Gasteiger partial charge in [-0.25, -0.2) is 9.78 Å². The highest BCUT2D eigenvalue weighted by molar-refractivity contribution is 7.17. The number of thiophene rings is 1. The Labute approximate surface area is 166 Å². The lowest BCUT2D eigenvalue weighted by Gasteiger charge is -2.20. The van der Waals surface area contributed by atoms with E-state index < -0.39 is 5.97 Å². The summed E-state index contributed by atoms with van der Waals surface area (Å²) in [6.45, 7) is 3.97. The number of anilines is 1. The van der Waals surface area contributed by atoms with E-state index in [9.17, 15) is 9.59 Å². The highest BCUT2D eigenvalue weighted by atomic mass is 32.1. The van der Waals surface area contributed by atoms with E-state index in [0.717, 1.165) is 36.1 Å². The zero-order valence-electron chi connectivity index (χ0n) is 16.0. The Morgan fingerprint density at radius 3 is 3.00 bits per heavy atom. The highest BCUT2D eigenvalue weighted by Gasteiger charge is 2.30. The lowest BCUT2D eigenvalue weighted by atomic mass is 9.85. The van der Waals surface area contributed by atoms with E-state index in [-0.39, 0.29) is 5.91 Å². The largest absolute Gasteiger partial charge is 0.465 e. The Hall–Kier alpha value is -2.81. The van der Waals surface area contributed by atoms with Gasteiger partial charge in [0.15, 0.2) is 0 Å². The molecule has 0 unspecified atom stereocenters. The van der Waals surface area contributed by atoms with Crippen LogP contribution in [0.25, 0.3) is 5.78 Å². The summed E-state index contributed by atoms with van der Waals surface area (Å²) in [6, 6.07) is 1.65. The quantitative estimate of drug-likeness (QED) is 0.677.